The average Bonchev–Trinajstić information content (AvgIpc) is 2.32. The lowest BCUT2D eigenvalue weighted by molar-refractivity contribution is 0.464. The molecule has 0 saturated heterocycles. The Labute approximate surface area is 116 Å². The van der Waals surface area contributed by atoms with Crippen molar-refractivity contribution in [2.75, 3.05) is 11.9 Å². The number of unbranched alkanes of at least 4 members (excludes halogenated alkanes) is 5. The average molecular weight is 274 g/mol. The maximum Gasteiger partial charge on any atom is 0.223 e. The summed E-state index contributed by atoms with van der Waals surface area (Å²) in [6, 6.07) is 0. The van der Waals surface area contributed by atoms with Gasteiger partial charge in [-0.15, -0.1) is 12.4 Å². The number of hydrogen-bond acceptors (Lipinski definition) is 4. The van der Waals surface area contributed by atoms with Crippen molar-refractivity contribution in [3.8, 4) is 5.75 Å². The molecule has 0 atom stereocenters. The Hall–Kier alpha value is -1.03. The van der Waals surface area contributed by atoms with Crippen molar-refractivity contribution in [2.24, 2.45) is 0 Å². The van der Waals surface area contributed by atoms with E-state index < -0.39 is 0 Å². The van der Waals surface area contributed by atoms with E-state index in [1.54, 1.807) is 6.92 Å². The van der Waals surface area contributed by atoms with E-state index in [4.69, 9.17) is 0 Å². The second-order valence-corrected chi connectivity index (χ2v) is 4.36. The van der Waals surface area contributed by atoms with E-state index in [1.807, 2.05) is 0 Å². The Morgan fingerprint density at radius 1 is 1.17 bits per heavy atom. The highest BCUT2D eigenvalue weighted by atomic mass is 35.5. The SMILES string of the molecule is CCCCCCCCNc1ncc(O)c(C)n1.Cl. The molecule has 1 aromatic heterocycles. The van der Waals surface area contributed by atoms with Crippen molar-refractivity contribution in [1.29, 1.82) is 0 Å². The second kappa shape index (κ2) is 9.95. The first kappa shape index (κ1) is 17.0. The Morgan fingerprint density at radius 2 is 1.83 bits per heavy atom. The summed E-state index contributed by atoms with van der Waals surface area (Å²) in [7, 11) is 0. The van der Waals surface area contributed by atoms with Crippen LogP contribution in [0.3, 0.4) is 0 Å². The van der Waals surface area contributed by atoms with Crippen molar-refractivity contribution < 1.29 is 5.11 Å². The number of aromatic nitrogens is 2. The quantitative estimate of drug-likeness (QED) is 0.710. The van der Waals surface area contributed by atoms with Crippen LogP contribution in [0.4, 0.5) is 5.95 Å². The molecule has 0 aliphatic carbocycles. The van der Waals surface area contributed by atoms with Crippen molar-refractivity contribution >= 4 is 18.4 Å². The van der Waals surface area contributed by atoms with Crippen LogP contribution < -0.4 is 5.32 Å². The van der Waals surface area contributed by atoms with Gasteiger partial charge in [0.15, 0.2) is 5.75 Å². The van der Waals surface area contributed by atoms with E-state index in [-0.39, 0.29) is 18.2 Å². The first-order chi connectivity index (χ1) is 8.24. The number of halogens is 1. The Bertz CT molecular complexity index is 334. The number of rotatable bonds is 8. The molecular formula is C13H24ClN3O. The summed E-state index contributed by atoms with van der Waals surface area (Å²) in [6.07, 6.45) is 9.12. The lowest BCUT2D eigenvalue weighted by atomic mass is 10.1. The third-order valence-electron chi connectivity index (χ3n) is 2.77. The molecule has 0 aliphatic rings. The van der Waals surface area contributed by atoms with Crippen LogP contribution in [0.5, 0.6) is 5.75 Å². The van der Waals surface area contributed by atoms with Gasteiger partial charge >= 0.3 is 0 Å². The number of aromatic hydroxyl groups is 1. The first-order valence-electron chi connectivity index (χ1n) is 6.50. The van der Waals surface area contributed by atoms with Gasteiger partial charge in [-0.25, -0.2) is 9.97 Å². The van der Waals surface area contributed by atoms with Gasteiger partial charge in [0, 0.05) is 6.54 Å². The molecule has 4 nitrogen and oxygen atoms in total. The van der Waals surface area contributed by atoms with E-state index in [1.165, 1.54) is 38.3 Å². The van der Waals surface area contributed by atoms with Crippen LogP contribution in [-0.2, 0) is 0 Å². The standard InChI is InChI=1S/C13H23N3O.ClH/c1-3-4-5-6-7-8-9-14-13-15-10-12(17)11(2)16-13;/h10,17H,3-9H2,1-2H3,(H,14,15,16);1H. The maximum atomic E-state index is 9.28. The summed E-state index contributed by atoms with van der Waals surface area (Å²) < 4.78 is 0. The summed E-state index contributed by atoms with van der Waals surface area (Å²) >= 11 is 0. The number of nitrogens with zero attached hydrogens (tertiary/aromatic N) is 2. The number of nitrogens with one attached hydrogen (secondary N) is 1. The van der Waals surface area contributed by atoms with Gasteiger partial charge in [0.2, 0.25) is 5.95 Å². The predicted octanol–water partition coefficient (Wildman–Crippen LogP) is 3.68. The largest absolute Gasteiger partial charge is 0.504 e. The van der Waals surface area contributed by atoms with Crippen LogP contribution in [0.2, 0.25) is 0 Å². The highest BCUT2D eigenvalue weighted by Crippen LogP contribution is 2.12. The lowest BCUT2D eigenvalue weighted by Crippen LogP contribution is -2.05. The van der Waals surface area contributed by atoms with E-state index in [0.717, 1.165) is 13.0 Å². The smallest absolute Gasteiger partial charge is 0.223 e. The molecule has 104 valence electrons. The summed E-state index contributed by atoms with van der Waals surface area (Å²) in [5.41, 5.74) is 0.616. The lowest BCUT2D eigenvalue weighted by Gasteiger charge is -2.05. The predicted molar refractivity (Wildman–Crippen MR) is 77.5 cm³/mol. The summed E-state index contributed by atoms with van der Waals surface area (Å²) in [5.74, 6) is 0.754. The molecule has 0 saturated carbocycles. The highest BCUT2D eigenvalue weighted by Gasteiger charge is 2.00. The molecule has 0 spiro atoms. The third-order valence-corrected chi connectivity index (χ3v) is 2.77. The van der Waals surface area contributed by atoms with Crippen LogP contribution in [0.15, 0.2) is 6.20 Å². The van der Waals surface area contributed by atoms with Gasteiger partial charge in [0.25, 0.3) is 0 Å². The molecule has 0 fully saturated rings. The molecule has 2 N–H and O–H groups in total. The third kappa shape index (κ3) is 6.64. The van der Waals surface area contributed by atoms with Crippen LogP contribution in [0.1, 0.15) is 51.1 Å². The zero-order valence-electron chi connectivity index (χ0n) is 11.3. The molecular weight excluding hydrogens is 250 g/mol. The van der Waals surface area contributed by atoms with Crippen molar-refractivity contribution in [3.63, 3.8) is 0 Å². The van der Waals surface area contributed by atoms with Crippen molar-refractivity contribution in [1.82, 2.24) is 9.97 Å². The van der Waals surface area contributed by atoms with Gasteiger partial charge in [0.05, 0.1) is 11.9 Å². The fraction of sp³-hybridized carbons (Fsp3) is 0.692. The van der Waals surface area contributed by atoms with E-state index in [2.05, 4.69) is 22.2 Å². The number of anilines is 1. The summed E-state index contributed by atoms with van der Waals surface area (Å²) in [5, 5.41) is 12.5. The number of aryl methyl sites for hydroxylation is 1. The molecule has 1 heterocycles. The Kier molecular flexibility index (Phi) is 9.38. The van der Waals surface area contributed by atoms with Gasteiger partial charge in [-0.3, -0.25) is 0 Å². The fourth-order valence-electron chi connectivity index (χ4n) is 1.65. The molecule has 18 heavy (non-hydrogen) atoms. The molecule has 5 heteroatoms. The first-order valence-corrected chi connectivity index (χ1v) is 6.50. The minimum Gasteiger partial charge on any atom is -0.504 e. The molecule has 0 radical (unpaired) electrons. The van der Waals surface area contributed by atoms with Gasteiger partial charge in [-0.05, 0) is 13.3 Å². The van der Waals surface area contributed by atoms with E-state index in [0.29, 0.717) is 11.6 Å². The van der Waals surface area contributed by atoms with Crippen molar-refractivity contribution in [2.45, 2.75) is 52.4 Å². The molecule has 0 bridgehead atoms. The van der Waals surface area contributed by atoms with Crippen molar-refractivity contribution in [3.05, 3.63) is 11.9 Å². The van der Waals surface area contributed by atoms with Crippen LogP contribution >= 0.6 is 12.4 Å². The zero-order valence-corrected chi connectivity index (χ0v) is 12.1. The van der Waals surface area contributed by atoms with Crippen LogP contribution in [-0.4, -0.2) is 21.6 Å². The molecule has 0 amide bonds. The molecule has 0 aliphatic heterocycles. The highest BCUT2D eigenvalue weighted by molar-refractivity contribution is 5.85. The molecule has 1 rings (SSSR count). The molecule has 0 unspecified atom stereocenters. The second-order valence-electron chi connectivity index (χ2n) is 4.36. The molecule has 1 aromatic rings. The summed E-state index contributed by atoms with van der Waals surface area (Å²) in [6.45, 7) is 4.90. The maximum absolute atomic E-state index is 9.28. The minimum absolute atomic E-state index is 0. The minimum atomic E-state index is 0. The van der Waals surface area contributed by atoms with Gasteiger partial charge in [-0.1, -0.05) is 39.0 Å². The van der Waals surface area contributed by atoms with Crippen LogP contribution in [0.25, 0.3) is 0 Å². The fourth-order valence-corrected chi connectivity index (χ4v) is 1.65. The zero-order chi connectivity index (χ0) is 12.5. The normalized spacial score (nSPS) is 9.89. The van der Waals surface area contributed by atoms with Gasteiger partial charge in [0.1, 0.15) is 0 Å². The monoisotopic (exact) mass is 273 g/mol. The van der Waals surface area contributed by atoms with E-state index in [9.17, 15) is 5.11 Å². The Morgan fingerprint density at radius 3 is 2.50 bits per heavy atom. The van der Waals surface area contributed by atoms with Gasteiger partial charge < -0.3 is 10.4 Å². The topological polar surface area (TPSA) is 58.0 Å². The van der Waals surface area contributed by atoms with Crippen LogP contribution in [0, 0.1) is 6.92 Å². The van der Waals surface area contributed by atoms with Gasteiger partial charge in [-0.2, -0.15) is 0 Å². The van der Waals surface area contributed by atoms with E-state index >= 15 is 0 Å². The number of hydrogen-bond donors (Lipinski definition) is 2. The summed E-state index contributed by atoms with van der Waals surface area (Å²) in [4.78, 5) is 8.16. The Balaban J connectivity index is 0.00000289. The molecule has 0 aromatic carbocycles.